The number of allylic oxidation sites excluding steroid dienone is 1. The number of carbonyl (C=O) groups excluding carboxylic acids is 1. The van der Waals surface area contributed by atoms with E-state index in [1.165, 1.54) is 12.1 Å². The minimum atomic E-state index is -0.412. The molecule has 0 spiro atoms. The number of hydrazine groups is 1. The zero-order valence-corrected chi connectivity index (χ0v) is 16.4. The lowest BCUT2D eigenvalue weighted by atomic mass is 10.1. The lowest BCUT2D eigenvalue weighted by Gasteiger charge is -2.12. The Bertz CT molecular complexity index is 890. The van der Waals surface area contributed by atoms with Crippen molar-refractivity contribution in [2.24, 2.45) is 17.5 Å². The van der Waals surface area contributed by atoms with Gasteiger partial charge in [0, 0.05) is 36.7 Å². The fraction of sp³-hybridized carbons (Fsp3) is 0.368. The van der Waals surface area contributed by atoms with Crippen LogP contribution < -0.4 is 11.6 Å². The van der Waals surface area contributed by atoms with E-state index in [4.69, 9.17) is 27.9 Å². The Morgan fingerprint density at radius 3 is 2.89 bits per heavy atom. The van der Waals surface area contributed by atoms with Crippen LogP contribution in [-0.4, -0.2) is 34.9 Å². The lowest BCUT2D eigenvalue weighted by molar-refractivity contribution is 0.0599. The summed E-state index contributed by atoms with van der Waals surface area (Å²) in [5, 5.41) is 5.88. The van der Waals surface area contributed by atoms with Gasteiger partial charge in [-0.25, -0.2) is 15.3 Å². The summed E-state index contributed by atoms with van der Waals surface area (Å²) in [5.74, 6) is 5.83. The van der Waals surface area contributed by atoms with E-state index in [0.717, 1.165) is 28.9 Å². The Morgan fingerprint density at radius 1 is 1.52 bits per heavy atom. The second-order valence-electron chi connectivity index (χ2n) is 6.83. The number of halogens is 1. The first-order valence-electron chi connectivity index (χ1n) is 8.64. The Morgan fingerprint density at radius 2 is 2.26 bits per heavy atom. The van der Waals surface area contributed by atoms with Crippen molar-refractivity contribution in [1.29, 1.82) is 0 Å². The number of hydrogen-bond acceptors (Lipinski definition) is 6. The Labute approximate surface area is 163 Å². The van der Waals surface area contributed by atoms with Crippen LogP contribution in [0, 0.1) is 12.8 Å². The van der Waals surface area contributed by atoms with Crippen LogP contribution in [0.1, 0.15) is 39.5 Å². The molecular formula is C19H24ClN5O2. The topological polar surface area (TPSA) is 99.4 Å². The molecule has 1 aromatic heterocycles. The van der Waals surface area contributed by atoms with Gasteiger partial charge < -0.3 is 15.5 Å². The molecule has 4 N–H and O–H groups in total. The third kappa shape index (κ3) is 3.79. The van der Waals surface area contributed by atoms with E-state index in [1.54, 1.807) is 24.1 Å². The zero-order chi connectivity index (χ0) is 19.7. The normalized spacial score (nSPS) is 19.1. The summed E-state index contributed by atoms with van der Waals surface area (Å²) in [7, 11) is 3.08. The van der Waals surface area contributed by atoms with Crippen LogP contribution in [0.3, 0.4) is 0 Å². The van der Waals surface area contributed by atoms with Gasteiger partial charge in [0.1, 0.15) is 5.56 Å². The first kappa shape index (κ1) is 19.3. The predicted octanol–water partition coefficient (Wildman–Crippen LogP) is 2.42. The standard InChI is InChI=1S/C19H24ClN5O2/c1-11-4-5-13(6-12(11)8-20)25-18(16(9-23-25)19(26)27-3)15-7-14(15)17(21)10-24(2)22/h4-6,9-10,14-15H,7-8,21-22H2,1-3H3/b17-10-/t14?,15-/m1/s1. The summed E-state index contributed by atoms with van der Waals surface area (Å²) in [6, 6.07) is 5.95. The molecule has 2 aromatic rings. The van der Waals surface area contributed by atoms with E-state index in [9.17, 15) is 4.79 Å². The number of rotatable bonds is 6. The Hall–Kier alpha value is -2.51. The monoisotopic (exact) mass is 389 g/mol. The molecule has 1 fully saturated rings. The molecule has 2 atom stereocenters. The first-order valence-corrected chi connectivity index (χ1v) is 9.17. The van der Waals surface area contributed by atoms with Gasteiger partial charge in [0.05, 0.1) is 24.7 Å². The highest BCUT2D eigenvalue weighted by molar-refractivity contribution is 6.17. The maximum Gasteiger partial charge on any atom is 0.341 e. The molecule has 1 saturated carbocycles. The maximum absolute atomic E-state index is 12.3. The SMILES string of the molecule is COC(=O)c1cnn(-c2ccc(C)c(CCl)c2)c1[C@@H]1CC1/C(N)=C/N(C)N. The highest BCUT2D eigenvalue weighted by atomic mass is 35.5. The fourth-order valence-electron chi connectivity index (χ4n) is 3.32. The molecule has 0 saturated heterocycles. The van der Waals surface area contributed by atoms with Crippen LogP contribution in [-0.2, 0) is 10.6 Å². The van der Waals surface area contributed by atoms with E-state index >= 15 is 0 Å². The van der Waals surface area contributed by atoms with Crippen LogP contribution in [0.15, 0.2) is 36.3 Å². The van der Waals surface area contributed by atoms with Gasteiger partial charge in [0.2, 0.25) is 0 Å². The van der Waals surface area contributed by atoms with Crippen molar-refractivity contribution in [3.05, 3.63) is 58.7 Å². The third-order valence-corrected chi connectivity index (χ3v) is 5.14. The summed E-state index contributed by atoms with van der Waals surface area (Å²) in [6.45, 7) is 2.01. The minimum Gasteiger partial charge on any atom is -0.465 e. The number of nitrogens with two attached hydrogens (primary N) is 2. The molecule has 0 bridgehead atoms. The number of methoxy groups -OCH3 is 1. The van der Waals surface area contributed by atoms with Gasteiger partial charge in [-0.2, -0.15) is 5.10 Å². The second kappa shape index (κ2) is 7.62. The number of benzene rings is 1. The van der Waals surface area contributed by atoms with Crippen molar-refractivity contribution in [3.63, 3.8) is 0 Å². The van der Waals surface area contributed by atoms with E-state index in [-0.39, 0.29) is 11.8 Å². The number of esters is 1. The number of aromatic nitrogens is 2. The number of alkyl halides is 1. The lowest BCUT2D eigenvalue weighted by Crippen LogP contribution is -2.21. The quantitative estimate of drug-likeness (QED) is 0.340. The van der Waals surface area contributed by atoms with Crippen molar-refractivity contribution < 1.29 is 9.53 Å². The predicted molar refractivity (Wildman–Crippen MR) is 104 cm³/mol. The summed E-state index contributed by atoms with van der Waals surface area (Å²) >= 11 is 6.05. The highest BCUT2D eigenvalue weighted by Gasteiger charge is 2.45. The van der Waals surface area contributed by atoms with Crippen molar-refractivity contribution in [1.82, 2.24) is 14.8 Å². The average molecular weight is 390 g/mol. The molecule has 144 valence electrons. The molecule has 1 heterocycles. The van der Waals surface area contributed by atoms with Crippen molar-refractivity contribution in [2.75, 3.05) is 14.2 Å². The molecule has 0 amide bonds. The van der Waals surface area contributed by atoms with E-state index in [2.05, 4.69) is 5.10 Å². The minimum absolute atomic E-state index is 0.0681. The number of carbonyl (C=O) groups is 1. The van der Waals surface area contributed by atoms with E-state index in [1.807, 2.05) is 25.1 Å². The summed E-state index contributed by atoms with van der Waals surface area (Å²) in [6.07, 6.45) is 4.06. The van der Waals surface area contributed by atoms with Gasteiger partial charge in [-0.15, -0.1) is 11.6 Å². The number of ether oxygens (including phenoxy) is 1. The summed E-state index contributed by atoms with van der Waals surface area (Å²) in [4.78, 5) is 12.3. The summed E-state index contributed by atoms with van der Waals surface area (Å²) in [5.41, 5.74) is 11.1. The molecule has 1 unspecified atom stereocenters. The summed E-state index contributed by atoms with van der Waals surface area (Å²) < 4.78 is 6.72. The van der Waals surface area contributed by atoms with E-state index in [0.29, 0.717) is 17.1 Å². The van der Waals surface area contributed by atoms with Gasteiger partial charge in [0.25, 0.3) is 0 Å². The fourth-order valence-corrected chi connectivity index (χ4v) is 3.61. The molecule has 1 aliphatic rings. The van der Waals surface area contributed by atoms with Gasteiger partial charge >= 0.3 is 5.97 Å². The van der Waals surface area contributed by atoms with Crippen LogP contribution in [0.25, 0.3) is 5.69 Å². The number of aryl methyl sites for hydroxylation is 1. The Balaban J connectivity index is 2.05. The molecule has 7 nitrogen and oxygen atoms in total. The Kier molecular flexibility index (Phi) is 5.43. The van der Waals surface area contributed by atoms with Gasteiger partial charge in [-0.3, -0.25) is 0 Å². The highest BCUT2D eigenvalue weighted by Crippen LogP contribution is 2.51. The van der Waals surface area contributed by atoms with Gasteiger partial charge in [-0.05, 0) is 36.6 Å². The molecule has 0 aliphatic heterocycles. The van der Waals surface area contributed by atoms with Gasteiger partial charge in [0.15, 0.2) is 0 Å². The van der Waals surface area contributed by atoms with Crippen LogP contribution in [0.4, 0.5) is 0 Å². The first-order chi connectivity index (χ1) is 12.9. The number of hydrogen-bond donors (Lipinski definition) is 2. The van der Waals surface area contributed by atoms with Gasteiger partial charge in [-0.1, -0.05) is 6.07 Å². The van der Waals surface area contributed by atoms with Crippen LogP contribution in [0.5, 0.6) is 0 Å². The number of nitrogens with zero attached hydrogens (tertiary/aromatic N) is 3. The molecular weight excluding hydrogens is 366 g/mol. The molecule has 1 aliphatic carbocycles. The second-order valence-corrected chi connectivity index (χ2v) is 7.10. The molecule has 27 heavy (non-hydrogen) atoms. The van der Waals surface area contributed by atoms with Crippen molar-refractivity contribution >= 4 is 17.6 Å². The van der Waals surface area contributed by atoms with Crippen LogP contribution >= 0.6 is 11.6 Å². The molecule has 1 aromatic carbocycles. The third-order valence-electron chi connectivity index (χ3n) is 4.86. The van der Waals surface area contributed by atoms with Crippen molar-refractivity contribution in [2.45, 2.75) is 25.1 Å². The zero-order valence-electron chi connectivity index (χ0n) is 15.6. The van der Waals surface area contributed by atoms with E-state index < -0.39 is 5.97 Å². The van der Waals surface area contributed by atoms with Crippen molar-refractivity contribution in [3.8, 4) is 5.69 Å². The largest absolute Gasteiger partial charge is 0.465 e. The molecule has 8 heteroatoms. The van der Waals surface area contributed by atoms with Crippen LogP contribution in [0.2, 0.25) is 0 Å². The molecule has 3 rings (SSSR count). The average Bonchev–Trinajstić information content (AvgIpc) is 3.32. The smallest absolute Gasteiger partial charge is 0.341 e. The molecule has 0 radical (unpaired) electrons. The maximum atomic E-state index is 12.3.